The zero-order valence-corrected chi connectivity index (χ0v) is 9.78. The molecule has 2 heterocycles. The molecule has 0 aromatic carbocycles. The molecule has 94 valence electrons. The van der Waals surface area contributed by atoms with Crippen molar-refractivity contribution in [3.8, 4) is 0 Å². The predicted octanol–water partition coefficient (Wildman–Crippen LogP) is -0.633. The Morgan fingerprint density at radius 3 is 3.24 bits per heavy atom. The molecule has 1 aromatic heterocycles. The Balaban J connectivity index is 1.93. The first-order chi connectivity index (χ1) is 8.19. The van der Waals surface area contributed by atoms with E-state index in [0.29, 0.717) is 13.2 Å². The van der Waals surface area contributed by atoms with Gasteiger partial charge in [0, 0.05) is 38.4 Å². The van der Waals surface area contributed by atoms with Gasteiger partial charge in [0.05, 0.1) is 12.8 Å². The molecule has 1 aliphatic rings. The minimum atomic E-state index is -0.328. The lowest BCUT2D eigenvalue weighted by atomic mass is 10.2. The fourth-order valence-electron chi connectivity index (χ4n) is 1.90. The van der Waals surface area contributed by atoms with Crippen molar-refractivity contribution in [3.63, 3.8) is 0 Å². The highest BCUT2D eigenvalue weighted by Gasteiger charge is 2.24. The molecule has 0 radical (unpaired) electrons. The molecule has 1 unspecified atom stereocenters. The first-order valence-corrected chi connectivity index (χ1v) is 5.48. The van der Waals surface area contributed by atoms with Gasteiger partial charge in [0.15, 0.2) is 5.84 Å². The van der Waals surface area contributed by atoms with Crippen LogP contribution in [0.5, 0.6) is 0 Å². The lowest BCUT2D eigenvalue weighted by Gasteiger charge is -2.31. The molecule has 1 saturated heterocycles. The van der Waals surface area contributed by atoms with Crippen molar-refractivity contribution in [2.45, 2.75) is 12.6 Å². The van der Waals surface area contributed by atoms with Crippen LogP contribution in [0.3, 0.4) is 0 Å². The van der Waals surface area contributed by atoms with Crippen molar-refractivity contribution in [2.24, 2.45) is 17.9 Å². The summed E-state index contributed by atoms with van der Waals surface area (Å²) < 4.78 is 7.20. The van der Waals surface area contributed by atoms with Crippen LogP contribution in [0.1, 0.15) is 5.56 Å². The highest BCUT2D eigenvalue weighted by atomic mass is 16.5. The topological polar surface area (TPSA) is 88.9 Å². The molecule has 0 saturated carbocycles. The van der Waals surface area contributed by atoms with Crippen molar-refractivity contribution >= 4 is 5.84 Å². The standard InChI is InChI=1S/C10H17N5O2/c1-14-5-8(4-12-14)6-15-2-3-17-9(7-15)10(11)13-16/h4-5,9,16H,2-3,6-7H2,1H3,(H2,11,13). The molecule has 1 aliphatic heterocycles. The van der Waals surface area contributed by atoms with Crippen LogP contribution in [0.4, 0.5) is 0 Å². The number of ether oxygens (including phenoxy) is 1. The largest absolute Gasteiger partial charge is 0.409 e. The maximum Gasteiger partial charge on any atom is 0.169 e. The van der Waals surface area contributed by atoms with Gasteiger partial charge in [-0.05, 0) is 0 Å². The van der Waals surface area contributed by atoms with Crippen molar-refractivity contribution < 1.29 is 9.94 Å². The lowest BCUT2D eigenvalue weighted by molar-refractivity contribution is 0.00141. The number of morpholine rings is 1. The first-order valence-electron chi connectivity index (χ1n) is 5.48. The Kier molecular flexibility index (Phi) is 3.60. The SMILES string of the molecule is Cn1cc(CN2CCOC(C(N)=NO)C2)cn1. The minimum Gasteiger partial charge on any atom is -0.409 e. The fraction of sp³-hybridized carbons (Fsp3) is 0.600. The van der Waals surface area contributed by atoms with E-state index in [-0.39, 0.29) is 11.9 Å². The third-order valence-electron chi connectivity index (χ3n) is 2.76. The summed E-state index contributed by atoms with van der Waals surface area (Å²) in [5.74, 6) is 0.126. The highest BCUT2D eigenvalue weighted by Crippen LogP contribution is 2.10. The van der Waals surface area contributed by atoms with Crippen LogP contribution in [-0.4, -0.2) is 51.5 Å². The van der Waals surface area contributed by atoms with Gasteiger partial charge >= 0.3 is 0 Å². The third kappa shape index (κ3) is 2.95. The van der Waals surface area contributed by atoms with Gasteiger partial charge < -0.3 is 15.7 Å². The van der Waals surface area contributed by atoms with Gasteiger partial charge in [-0.25, -0.2) is 0 Å². The molecule has 2 rings (SSSR count). The average Bonchev–Trinajstić information content (AvgIpc) is 2.74. The first kappa shape index (κ1) is 11.9. The molecule has 1 aromatic rings. The van der Waals surface area contributed by atoms with Crippen LogP contribution in [0.15, 0.2) is 17.5 Å². The number of rotatable bonds is 3. The monoisotopic (exact) mass is 239 g/mol. The second kappa shape index (κ2) is 5.15. The molecule has 0 amide bonds. The zero-order chi connectivity index (χ0) is 12.3. The highest BCUT2D eigenvalue weighted by molar-refractivity contribution is 5.84. The Bertz CT molecular complexity index is 403. The quantitative estimate of drug-likeness (QED) is 0.317. The molecule has 17 heavy (non-hydrogen) atoms. The molecule has 7 heteroatoms. The van der Waals surface area contributed by atoms with Crippen molar-refractivity contribution in [2.75, 3.05) is 19.7 Å². The summed E-state index contributed by atoms with van der Waals surface area (Å²) >= 11 is 0. The summed E-state index contributed by atoms with van der Waals surface area (Å²) in [4.78, 5) is 2.20. The van der Waals surface area contributed by atoms with E-state index in [9.17, 15) is 0 Å². The van der Waals surface area contributed by atoms with Crippen LogP contribution >= 0.6 is 0 Å². The van der Waals surface area contributed by atoms with Crippen LogP contribution in [0.25, 0.3) is 0 Å². The summed E-state index contributed by atoms with van der Waals surface area (Å²) in [5, 5.41) is 15.7. The van der Waals surface area contributed by atoms with Gasteiger partial charge in [-0.1, -0.05) is 5.16 Å². The van der Waals surface area contributed by atoms with E-state index < -0.39 is 0 Å². The van der Waals surface area contributed by atoms with Crippen molar-refractivity contribution in [1.82, 2.24) is 14.7 Å². The molecule has 0 bridgehead atoms. The molecular formula is C10H17N5O2. The lowest BCUT2D eigenvalue weighted by Crippen LogP contribution is -2.48. The van der Waals surface area contributed by atoms with E-state index in [4.69, 9.17) is 15.7 Å². The Labute approximate surface area is 99.4 Å². The number of aromatic nitrogens is 2. The zero-order valence-electron chi connectivity index (χ0n) is 9.78. The van der Waals surface area contributed by atoms with Gasteiger partial charge in [0.2, 0.25) is 0 Å². The van der Waals surface area contributed by atoms with E-state index in [1.807, 2.05) is 19.4 Å². The summed E-state index contributed by atoms with van der Waals surface area (Å²) in [6.07, 6.45) is 3.49. The number of hydrogen-bond donors (Lipinski definition) is 2. The molecular weight excluding hydrogens is 222 g/mol. The number of nitrogens with zero attached hydrogens (tertiary/aromatic N) is 4. The van der Waals surface area contributed by atoms with E-state index >= 15 is 0 Å². The van der Waals surface area contributed by atoms with Crippen molar-refractivity contribution in [1.29, 1.82) is 0 Å². The Morgan fingerprint density at radius 2 is 2.59 bits per heavy atom. The van der Waals surface area contributed by atoms with Crippen molar-refractivity contribution in [3.05, 3.63) is 18.0 Å². The van der Waals surface area contributed by atoms with Gasteiger partial charge in [-0.3, -0.25) is 9.58 Å². The maximum atomic E-state index is 8.62. The number of oxime groups is 1. The van der Waals surface area contributed by atoms with E-state index in [1.54, 1.807) is 4.68 Å². The van der Waals surface area contributed by atoms with Gasteiger partial charge in [-0.2, -0.15) is 5.10 Å². The summed E-state index contributed by atoms with van der Waals surface area (Å²) in [6, 6.07) is 0. The summed E-state index contributed by atoms with van der Waals surface area (Å²) in [6.45, 7) is 2.85. The van der Waals surface area contributed by atoms with Gasteiger partial charge in [0.25, 0.3) is 0 Å². The van der Waals surface area contributed by atoms with E-state index in [2.05, 4.69) is 15.2 Å². The van der Waals surface area contributed by atoms with Crippen LogP contribution in [-0.2, 0) is 18.3 Å². The van der Waals surface area contributed by atoms with E-state index in [1.165, 1.54) is 0 Å². The molecule has 7 nitrogen and oxygen atoms in total. The summed E-state index contributed by atoms with van der Waals surface area (Å²) in [5.41, 5.74) is 6.69. The second-order valence-electron chi connectivity index (χ2n) is 4.14. The molecule has 1 atom stereocenters. The summed E-state index contributed by atoms with van der Waals surface area (Å²) in [7, 11) is 1.89. The number of hydrogen-bond acceptors (Lipinski definition) is 5. The maximum absolute atomic E-state index is 8.62. The number of amidine groups is 1. The predicted molar refractivity (Wildman–Crippen MR) is 61.6 cm³/mol. The van der Waals surface area contributed by atoms with E-state index in [0.717, 1.165) is 18.7 Å². The van der Waals surface area contributed by atoms with Gasteiger partial charge in [-0.15, -0.1) is 0 Å². The van der Waals surface area contributed by atoms with Crippen LogP contribution < -0.4 is 5.73 Å². The third-order valence-corrected chi connectivity index (χ3v) is 2.76. The molecule has 1 fully saturated rings. The smallest absolute Gasteiger partial charge is 0.169 e. The number of nitrogens with two attached hydrogens (primary N) is 1. The molecule has 0 spiro atoms. The molecule has 3 N–H and O–H groups in total. The second-order valence-corrected chi connectivity index (χ2v) is 4.14. The minimum absolute atomic E-state index is 0.126. The van der Waals surface area contributed by atoms with Crippen LogP contribution in [0, 0.1) is 0 Å². The Morgan fingerprint density at radius 1 is 1.76 bits per heavy atom. The average molecular weight is 239 g/mol. The van der Waals surface area contributed by atoms with Gasteiger partial charge in [0.1, 0.15) is 6.10 Å². The number of aryl methyl sites for hydroxylation is 1. The fourth-order valence-corrected chi connectivity index (χ4v) is 1.90. The molecule has 0 aliphatic carbocycles. The normalized spacial score (nSPS) is 22.9. The Hall–Kier alpha value is -1.60. The van der Waals surface area contributed by atoms with Crippen LogP contribution in [0.2, 0.25) is 0 Å².